The van der Waals surface area contributed by atoms with E-state index >= 15 is 0 Å². The highest BCUT2D eigenvalue weighted by atomic mass is 35.5. The van der Waals surface area contributed by atoms with Crippen LogP contribution in [0.5, 0.6) is 11.5 Å². The number of methoxy groups -OCH3 is 1. The van der Waals surface area contributed by atoms with E-state index in [2.05, 4.69) is 16.7 Å². The molecule has 4 aromatic rings. The molecule has 1 aromatic heterocycles. The van der Waals surface area contributed by atoms with Crippen LogP contribution in [0.3, 0.4) is 0 Å². The van der Waals surface area contributed by atoms with Gasteiger partial charge in [0.15, 0.2) is 5.75 Å². The minimum absolute atomic E-state index is 0.398. The third kappa shape index (κ3) is 3.84. The van der Waals surface area contributed by atoms with Crippen LogP contribution in [0.1, 0.15) is 21.6 Å². The lowest BCUT2D eigenvalue weighted by atomic mass is 10.2. The predicted octanol–water partition coefficient (Wildman–Crippen LogP) is 6.23. The first-order chi connectivity index (χ1) is 14.1. The molecule has 0 aliphatic carbocycles. The zero-order valence-corrected chi connectivity index (χ0v) is 16.9. The Morgan fingerprint density at radius 2 is 1.79 bits per heavy atom. The van der Waals surface area contributed by atoms with Gasteiger partial charge in [0, 0.05) is 17.0 Å². The van der Waals surface area contributed by atoms with E-state index in [1.54, 1.807) is 18.2 Å². The lowest BCUT2D eigenvalue weighted by Gasteiger charge is -2.10. The number of benzene rings is 3. The van der Waals surface area contributed by atoms with Crippen LogP contribution in [-0.2, 0) is 11.3 Å². The first-order valence-corrected chi connectivity index (χ1v) is 9.63. The largest absolute Gasteiger partial charge is 0.465 e. The zero-order chi connectivity index (χ0) is 20.4. The van der Waals surface area contributed by atoms with Crippen LogP contribution < -0.4 is 4.74 Å². The summed E-state index contributed by atoms with van der Waals surface area (Å²) in [6.45, 7) is 2.73. The molecule has 5 heteroatoms. The van der Waals surface area contributed by atoms with Crippen LogP contribution in [0.2, 0.25) is 5.02 Å². The van der Waals surface area contributed by atoms with E-state index in [0.29, 0.717) is 22.9 Å². The second-order valence-corrected chi connectivity index (χ2v) is 7.21. The molecule has 0 bridgehead atoms. The van der Waals surface area contributed by atoms with E-state index in [0.717, 1.165) is 22.3 Å². The van der Waals surface area contributed by atoms with Crippen molar-refractivity contribution in [2.75, 3.05) is 7.11 Å². The Bertz CT molecular complexity index is 1180. The van der Waals surface area contributed by atoms with Gasteiger partial charge in [-0.3, -0.25) is 0 Å². The molecule has 4 nitrogen and oxygen atoms in total. The molecule has 0 saturated heterocycles. The highest BCUT2D eigenvalue weighted by Crippen LogP contribution is 2.37. The first kappa shape index (κ1) is 19.1. The fourth-order valence-corrected chi connectivity index (χ4v) is 3.61. The van der Waals surface area contributed by atoms with Gasteiger partial charge in [0.1, 0.15) is 5.75 Å². The van der Waals surface area contributed by atoms with Crippen molar-refractivity contribution in [2.24, 2.45) is 0 Å². The molecule has 3 aromatic carbocycles. The van der Waals surface area contributed by atoms with Gasteiger partial charge in [-0.15, -0.1) is 0 Å². The second kappa shape index (κ2) is 8.02. The molecule has 1 heterocycles. The average Bonchev–Trinajstić information content (AvgIpc) is 2.99. The minimum Gasteiger partial charge on any atom is -0.465 e. The minimum atomic E-state index is -0.398. The summed E-state index contributed by atoms with van der Waals surface area (Å²) in [5.74, 6) is 0.921. The SMILES string of the molecule is COC(=O)c1cccc(Oc2c(C)n(Cc3ccccc3)c3cc(Cl)ccc23)c1. The van der Waals surface area contributed by atoms with Crippen molar-refractivity contribution in [3.05, 3.63) is 94.6 Å². The maximum absolute atomic E-state index is 11.8. The highest BCUT2D eigenvalue weighted by molar-refractivity contribution is 6.31. The van der Waals surface area contributed by atoms with Crippen molar-refractivity contribution in [2.45, 2.75) is 13.5 Å². The number of halogens is 1. The number of fused-ring (bicyclic) bond motifs is 1. The first-order valence-electron chi connectivity index (χ1n) is 9.25. The van der Waals surface area contributed by atoms with Crippen molar-refractivity contribution in [3.8, 4) is 11.5 Å². The molecule has 0 saturated carbocycles. The smallest absolute Gasteiger partial charge is 0.337 e. The van der Waals surface area contributed by atoms with Gasteiger partial charge in [-0.25, -0.2) is 4.79 Å². The van der Waals surface area contributed by atoms with Crippen molar-refractivity contribution in [1.29, 1.82) is 0 Å². The number of hydrogen-bond acceptors (Lipinski definition) is 3. The van der Waals surface area contributed by atoms with Gasteiger partial charge in [0.2, 0.25) is 0 Å². The summed E-state index contributed by atoms with van der Waals surface area (Å²) in [5, 5.41) is 1.63. The van der Waals surface area contributed by atoms with E-state index in [4.69, 9.17) is 21.1 Å². The van der Waals surface area contributed by atoms with Gasteiger partial charge in [0.25, 0.3) is 0 Å². The van der Waals surface area contributed by atoms with Gasteiger partial charge < -0.3 is 14.0 Å². The summed E-state index contributed by atoms with van der Waals surface area (Å²) < 4.78 is 13.2. The topological polar surface area (TPSA) is 40.5 Å². The Labute approximate surface area is 174 Å². The maximum atomic E-state index is 11.8. The highest BCUT2D eigenvalue weighted by Gasteiger charge is 2.17. The number of carbonyl (C=O) groups is 1. The Balaban J connectivity index is 1.79. The van der Waals surface area contributed by atoms with Gasteiger partial charge in [0.05, 0.1) is 23.9 Å². The monoisotopic (exact) mass is 405 g/mol. The van der Waals surface area contributed by atoms with E-state index in [9.17, 15) is 4.79 Å². The molecule has 0 spiro atoms. The van der Waals surface area contributed by atoms with Crippen LogP contribution >= 0.6 is 11.6 Å². The second-order valence-electron chi connectivity index (χ2n) is 6.77. The molecular formula is C24H20ClNO3. The molecule has 4 rings (SSSR count). The van der Waals surface area contributed by atoms with E-state index in [1.165, 1.54) is 12.7 Å². The Hall–Kier alpha value is -3.24. The number of carbonyl (C=O) groups excluding carboxylic acids is 1. The third-order valence-corrected chi connectivity index (χ3v) is 5.12. The molecule has 0 N–H and O–H groups in total. The normalized spacial score (nSPS) is 10.9. The van der Waals surface area contributed by atoms with Crippen molar-refractivity contribution < 1.29 is 14.3 Å². The van der Waals surface area contributed by atoms with Crippen LogP contribution in [-0.4, -0.2) is 17.6 Å². The number of ether oxygens (including phenoxy) is 2. The van der Waals surface area contributed by atoms with Gasteiger partial charge >= 0.3 is 5.97 Å². The summed E-state index contributed by atoms with van der Waals surface area (Å²) >= 11 is 6.28. The zero-order valence-electron chi connectivity index (χ0n) is 16.2. The summed E-state index contributed by atoms with van der Waals surface area (Å²) in [5.41, 5.74) is 3.61. The molecule has 146 valence electrons. The van der Waals surface area contributed by atoms with Crippen LogP contribution in [0.4, 0.5) is 0 Å². The van der Waals surface area contributed by atoms with E-state index < -0.39 is 5.97 Å². The van der Waals surface area contributed by atoms with Gasteiger partial charge in [-0.2, -0.15) is 0 Å². The van der Waals surface area contributed by atoms with E-state index in [-0.39, 0.29) is 0 Å². The summed E-state index contributed by atoms with van der Waals surface area (Å²) in [6.07, 6.45) is 0. The summed E-state index contributed by atoms with van der Waals surface area (Å²) in [6, 6.07) is 23.0. The quantitative estimate of drug-likeness (QED) is 0.369. The number of hydrogen-bond donors (Lipinski definition) is 0. The Morgan fingerprint density at radius 3 is 2.55 bits per heavy atom. The van der Waals surface area contributed by atoms with Crippen LogP contribution in [0, 0.1) is 6.92 Å². The van der Waals surface area contributed by atoms with Gasteiger partial charge in [-0.05, 0) is 48.9 Å². The van der Waals surface area contributed by atoms with Gasteiger partial charge in [-0.1, -0.05) is 48.0 Å². The Morgan fingerprint density at radius 1 is 1.00 bits per heavy atom. The fourth-order valence-electron chi connectivity index (χ4n) is 3.44. The van der Waals surface area contributed by atoms with Crippen molar-refractivity contribution >= 4 is 28.5 Å². The van der Waals surface area contributed by atoms with Crippen molar-refractivity contribution in [1.82, 2.24) is 4.57 Å². The molecule has 0 fully saturated rings. The molecule has 0 aliphatic rings. The molecule has 0 atom stereocenters. The maximum Gasteiger partial charge on any atom is 0.337 e. The molecular weight excluding hydrogens is 386 g/mol. The molecule has 0 amide bonds. The van der Waals surface area contributed by atoms with Crippen molar-refractivity contribution in [3.63, 3.8) is 0 Å². The van der Waals surface area contributed by atoms with Crippen LogP contribution in [0.25, 0.3) is 10.9 Å². The average molecular weight is 406 g/mol. The molecule has 0 aliphatic heterocycles. The standard InChI is InChI=1S/C24H20ClNO3/c1-16-23(29-20-10-6-9-18(13-20)24(27)28-2)21-12-11-19(25)14-22(21)26(16)15-17-7-4-3-5-8-17/h3-14H,15H2,1-2H3. The number of esters is 1. The third-order valence-electron chi connectivity index (χ3n) is 4.89. The number of nitrogens with zero attached hydrogens (tertiary/aromatic N) is 1. The lowest BCUT2D eigenvalue weighted by molar-refractivity contribution is 0.0600. The lowest BCUT2D eigenvalue weighted by Crippen LogP contribution is -2.02. The summed E-state index contributed by atoms with van der Waals surface area (Å²) in [7, 11) is 1.36. The fraction of sp³-hybridized carbons (Fsp3) is 0.125. The predicted molar refractivity (Wildman–Crippen MR) is 115 cm³/mol. The summed E-state index contributed by atoms with van der Waals surface area (Å²) in [4.78, 5) is 11.8. The van der Waals surface area contributed by atoms with E-state index in [1.807, 2.05) is 49.4 Å². The number of rotatable bonds is 5. The van der Waals surface area contributed by atoms with Crippen LogP contribution in [0.15, 0.2) is 72.8 Å². The Kier molecular flexibility index (Phi) is 5.28. The molecule has 0 radical (unpaired) electrons. The molecule has 29 heavy (non-hydrogen) atoms. The molecule has 0 unspecified atom stereocenters. The number of aromatic nitrogens is 1.